The molecular weight excluding hydrogens is 559 g/mol. The van der Waals surface area contributed by atoms with Crippen LogP contribution in [-0.2, 0) is 22.5 Å². The minimum Gasteiger partial charge on any atom is -0.444 e. The summed E-state index contributed by atoms with van der Waals surface area (Å²) in [6.45, 7) is 8.78. The van der Waals surface area contributed by atoms with Gasteiger partial charge in [-0.05, 0) is 52.1 Å². The van der Waals surface area contributed by atoms with Crippen LogP contribution in [0.15, 0.2) is 30.6 Å². The Bertz CT molecular complexity index is 1800. The van der Waals surface area contributed by atoms with Crippen molar-refractivity contribution >= 4 is 45.8 Å². The van der Waals surface area contributed by atoms with Gasteiger partial charge in [0.2, 0.25) is 5.91 Å². The maximum Gasteiger partial charge on any atom is 0.412 e. The summed E-state index contributed by atoms with van der Waals surface area (Å²) in [5.41, 5.74) is 0.248. The molecular formula is C29H31FN8O5. The number of nitrogens with zero attached hydrogens (tertiary/aromatic N) is 6. The second-order valence-corrected chi connectivity index (χ2v) is 11.4. The molecule has 4 aromatic rings. The molecule has 0 spiro atoms. The molecule has 0 aliphatic carbocycles. The third-order valence-corrected chi connectivity index (χ3v) is 7.08. The molecule has 224 valence electrons. The van der Waals surface area contributed by atoms with Crippen LogP contribution in [0, 0.1) is 29.8 Å². The molecule has 0 atom stereocenters. The molecule has 0 fully saturated rings. The van der Waals surface area contributed by atoms with Crippen LogP contribution in [0.1, 0.15) is 37.7 Å². The Morgan fingerprint density at radius 2 is 1.86 bits per heavy atom. The maximum atomic E-state index is 16.2. The lowest BCUT2D eigenvalue weighted by atomic mass is 9.96. The van der Waals surface area contributed by atoms with E-state index in [1.54, 1.807) is 43.5 Å². The number of rotatable bonds is 5. The van der Waals surface area contributed by atoms with Gasteiger partial charge in [0.25, 0.3) is 5.69 Å². The standard InChI is InChI=1S/C29H31FN8O5/c1-15-20(12-31-16(2)27(15)38(41)42)19-9-17-10-22(33-23-11-18-7-8-36(6)24(39)14-37(18)35-23)32-13-21(17)26(25(19)30)34-28(40)43-29(3,4)5/h9-13H,7-8,14H2,1-6H3,(H,34,40)(H,32,33,35). The SMILES string of the molecule is Cc1ncc(-c2cc3cc(Nc4cc5n(n4)CC(=O)N(C)CC5)ncc3c(NC(=O)OC(C)(C)C)c2F)c(C)c1[N+](=O)[O-]. The summed E-state index contributed by atoms with van der Waals surface area (Å²) in [6, 6.07) is 5.01. The van der Waals surface area contributed by atoms with Crippen LogP contribution >= 0.6 is 0 Å². The van der Waals surface area contributed by atoms with E-state index in [2.05, 4.69) is 25.7 Å². The summed E-state index contributed by atoms with van der Waals surface area (Å²) >= 11 is 0. The molecule has 3 aromatic heterocycles. The van der Waals surface area contributed by atoms with Gasteiger partial charge in [-0.3, -0.25) is 29.9 Å². The van der Waals surface area contributed by atoms with Crippen molar-refractivity contribution in [1.29, 1.82) is 0 Å². The number of hydrogen-bond donors (Lipinski definition) is 2. The number of hydrogen-bond acceptors (Lipinski definition) is 9. The fourth-order valence-corrected chi connectivity index (χ4v) is 4.96. The Kier molecular flexibility index (Phi) is 7.46. The Morgan fingerprint density at radius 3 is 2.56 bits per heavy atom. The number of halogens is 1. The maximum absolute atomic E-state index is 16.2. The van der Waals surface area contributed by atoms with Gasteiger partial charge in [-0.1, -0.05) is 0 Å². The van der Waals surface area contributed by atoms with Crippen molar-refractivity contribution in [2.24, 2.45) is 0 Å². The number of benzene rings is 1. The quantitative estimate of drug-likeness (QED) is 0.234. The van der Waals surface area contributed by atoms with Crippen molar-refractivity contribution in [3.05, 3.63) is 63.5 Å². The van der Waals surface area contributed by atoms with E-state index >= 15 is 4.39 Å². The lowest BCUT2D eigenvalue weighted by Gasteiger charge is -2.21. The first kappa shape index (κ1) is 29.4. The first-order valence-electron chi connectivity index (χ1n) is 13.5. The first-order chi connectivity index (χ1) is 20.2. The second-order valence-electron chi connectivity index (χ2n) is 11.4. The highest BCUT2D eigenvalue weighted by Gasteiger charge is 2.26. The zero-order valence-corrected chi connectivity index (χ0v) is 24.6. The van der Waals surface area contributed by atoms with Crippen LogP contribution < -0.4 is 10.6 Å². The number of likely N-dealkylation sites (N-methyl/N-ethyl adjacent to an activating group) is 1. The van der Waals surface area contributed by atoms with Gasteiger partial charge < -0.3 is 15.0 Å². The van der Waals surface area contributed by atoms with Crippen molar-refractivity contribution in [3.8, 4) is 11.1 Å². The van der Waals surface area contributed by atoms with E-state index < -0.39 is 22.4 Å². The van der Waals surface area contributed by atoms with Gasteiger partial charge in [-0.15, -0.1) is 0 Å². The number of ether oxygens (including phenoxy) is 1. The molecule has 0 saturated heterocycles. The summed E-state index contributed by atoms with van der Waals surface area (Å²) in [6.07, 6.45) is 2.53. The number of fused-ring (bicyclic) bond motifs is 2. The fraction of sp³-hybridized carbons (Fsp3) is 0.345. The van der Waals surface area contributed by atoms with E-state index in [9.17, 15) is 19.7 Å². The van der Waals surface area contributed by atoms with E-state index in [-0.39, 0.29) is 51.6 Å². The highest BCUT2D eigenvalue weighted by Crippen LogP contribution is 2.39. The number of carbonyl (C=O) groups is 2. The minimum atomic E-state index is -0.878. The fourth-order valence-electron chi connectivity index (χ4n) is 4.96. The van der Waals surface area contributed by atoms with Gasteiger partial charge >= 0.3 is 6.09 Å². The van der Waals surface area contributed by atoms with Crippen LogP contribution in [-0.4, -0.2) is 60.8 Å². The molecule has 0 bridgehead atoms. The Balaban J connectivity index is 1.60. The average molecular weight is 591 g/mol. The summed E-state index contributed by atoms with van der Waals surface area (Å²) in [5, 5.41) is 22.6. The van der Waals surface area contributed by atoms with E-state index in [0.29, 0.717) is 30.0 Å². The van der Waals surface area contributed by atoms with Crippen LogP contribution in [0.3, 0.4) is 0 Å². The predicted octanol–water partition coefficient (Wildman–Crippen LogP) is 5.26. The highest BCUT2D eigenvalue weighted by molar-refractivity contribution is 6.04. The van der Waals surface area contributed by atoms with Crippen LogP contribution in [0.4, 0.5) is 32.2 Å². The number of carbonyl (C=O) groups excluding carboxylic acids is 2. The molecule has 2 amide bonds. The molecule has 2 N–H and O–H groups in total. The third kappa shape index (κ3) is 5.94. The monoisotopic (exact) mass is 590 g/mol. The largest absolute Gasteiger partial charge is 0.444 e. The summed E-state index contributed by atoms with van der Waals surface area (Å²) in [7, 11) is 1.75. The number of anilines is 3. The second kappa shape index (κ2) is 10.9. The molecule has 4 heterocycles. The van der Waals surface area contributed by atoms with Crippen molar-refractivity contribution in [2.45, 2.75) is 53.2 Å². The van der Waals surface area contributed by atoms with E-state index in [1.807, 2.05) is 6.07 Å². The lowest BCUT2D eigenvalue weighted by Crippen LogP contribution is -2.29. The molecule has 0 saturated carbocycles. The van der Waals surface area contributed by atoms with Crippen LogP contribution in [0.25, 0.3) is 21.9 Å². The molecule has 43 heavy (non-hydrogen) atoms. The Morgan fingerprint density at radius 1 is 1.12 bits per heavy atom. The zero-order valence-electron chi connectivity index (χ0n) is 24.6. The van der Waals surface area contributed by atoms with Gasteiger partial charge in [0.05, 0.1) is 10.6 Å². The normalized spacial score (nSPS) is 13.5. The molecule has 0 radical (unpaired) electrons. The van der Waals surface area contributed by atoms with E-state index in [4.69, 9.17) is 4.74 Å². The average Bonchev–Trinajstić information content (AvgIpc) is 3.22. The van der Waals surface area contributed by atoms with Crippen molar-refractivity contribution in [2.75, 3.05) is 24.2 Å². The summed E-state index contributed by atoms with van der Waals surface area (Å²) < 4.78 is 23.2. The van der Waals surface area contributed by atoms with Gasteiger partial charge in [0, 0.05) is 66.2 Å². The third-order valence-electron chi connectivity index (χ3n) is 7.08. The first-order valence-corrected chi connectivity index (χ1v) is 13.5. The minimum absolute atomic E-state index is 0.000136. The number of nitro groups is 1. The van der Waals surface area contributed by atoms with Gasteiger partial charge in [0.1, 0.15) is 23.7 Å². The molecule has 1 aliphatic rings. The number of aromatic nitrogens is 4. The van der Waals surface area contributed by atoms with Crippen molar-refractivity contribution < 1.29 is 23.6 Å². The lowest BCUT2D eigenvalue weighted by molar-refractivity contribution is -0.386. The van der Waals surface area contributed by atoms with Crippen molar-refractivity contribution in [1.82, 2.24) is 24.6 Å². The van der Waals surface area contributed by atoms with Gasteiger partial charge in [0.15, 0.2) is 11.6 Å². The topological polar surface area (TPSA) is 157 Å². The summed E-state index contributed by atoms with van der Waals surface area (Å²) in [4.78, 5) is 46.4. The van der Waals surface area contributed by atoms with Crippen LogP contribution in [0.2, 0.25) is 0 Å². The molecule has 1 aliphatic heterocycles. The Labute approximate surface area is 246 Å². The number of nitrogens with one attached hydrogen (secondary N) is 2. The number of aryl methyl sites for hydroxylation is 1. The van der Waals surface area contributed by atoms with E-state index in [1.165, 1.54) is 32.3 Å². The number of amides is 2. The Hall–Kier alpha value is -5.14. The van der Waals surface area contributed by atoms with Crippen molar-refractivity contribution in [3.63, 3.8) is 0 Å². The predicted molar refractivity (Wildman–Crippen MR) is 158 cm³/mol. The van der Waals surface area contributed by atoms with E-state index in [0.717, 1.165) is 5.69 Å². The zero-order chi connectivity index (χ0) is 31.2. The van der Waals surface area contributed by atoms with Crippen LogP contribution in [0.5, 0.6) is 0 Å². The highest BCUT2D eigenvalue weighted by atomic mass is 19.1. The smallest absolute Gasteiger partial charge is 0.412 e. The molecule has 14 heteroatoms. The molecule has 5 rings (SSSR count). The van der Waals surface area contributed by atoms with Gasteiger partial charge in [-0.25, -0.2) is 14.2 Å². The summed E-state index contributed by atoms with van der Waals surface area (Å²) in [5.74, 6) is -0.0214. The van der Waals surface area contributed by atoms with Gasteiger partial charge in [-0.2, -0.15) is 5.10 Å². The molecule has 1 aromatic carbocycles. The number of pyridine rings is 2. The molecule has 0 unspecified atom stereocenters. The molecule has 13 nitrogen and oxygen atoms in total.